The molecule has 2 aromatic rings. The lowest BCUT2D eigenvalue weighted by atomic mass is 10.2. The van der Waals surface area contributed by atoms with Crippen LogP contribution in [0.4, 0.5) is 0 Å². The zero-order valence-corrected chi connectivity index (χ0v) is 13.8. The van der Waals surface area contributed by atoms with Gasteiger partial charge >= 0.3 is 0 Å². The highest BCUT2D eigenvalue weighted by Gasteiger charge is 2.19. The standard InChI is InChI=1S/C16H20N4O2S/c1-11(19-15(21)8-13-9-22-7-6-18-13)16-20-14(10-23-16)12-2-4-17-5-3-12/h2-5,10-11,13,18H,6-9H2,1H3,(H,19,21). The lowest BCUT2D eigenvalue weighted by Crippen LogP contribution is -2.44. The van der Waals surface area contributed by atoms with Crippen molar-refractivity contribution in [2.75, 3.05) is 19.8 Å². The van der Waals surface area contributed by atoms with Crippen LogP contribution < -0.4 is 10.6 Å². The minimum atomic E-state index is -0.104. The molecule has 2 aromatic heterocycles. The lowest BCUT2D eigenvalue weighted by Gasteiger charge is -2.23. The first-order valence-corrected chi connectivity index (χ1v) is 8.56. The molecule has 1 aliphatic heterocycles. The fourth-order valence-electron chi connectivity index (χ4n) is 2.48. The number of amides is 1. The summed E-state index contributed by atoms with van der Waals surface area (Å²) in [4.78, 5) is 20.8. The minimum Gasteiger partial charge on any atom is -0.378 e. The van der Waals surface area contributed by atoms with Crippen LogP contribution in [-0.4, -0.2) is 41.7 Å². The van der Waals surface area contributed by atoms with Gasteiger partial charge in [0.15, 0.2) is 0 Å². The summed E-state index contributed by atoms with van der Waals surface area (Å²) in [5.41, 5.74) is 1.94. The average Bonchev–Trinajstić information content (AvgIpc) is 3.06. The number of nitrogens with zero attached hydrogens (tertiary/aromatic N) is 2. The van der Waals surface area contributed by atoms with Crippen LogP contribution in [0.15, 0.2) is 29.9 Å². The number of morpholine rings is 1. The highest BCUT2D eigenvalue weighted by molar-refractivity contribution is 7.10. The zero-order valence-electron chi connectivity index (χ0n) is 13.0. The van der Waals surface area contributed by atoms with Gasteiger partial charge in [-0.25, -0.2) is 4.98 Å². The fourth-order valence-corrected chi connectivity index (χ4v) is 3.31. The van der Waals surface area contributed by atoms with Crippen LogP contribution in [0.2, 0.25) is 0 Å². The van der Waals surface area contributed by atoms with Crippen LogP contribution in [-0.2, 0) is 9.53 Å². The Morgan fingerprint density at radius 3 is 3.09 bits per heavy atom. The number of hydrogen-bond donors (Lipinski definition) is 2. The van der Waals surface area contributed by atoms with Crippen LogP contribution in [0.25, 0.3) is 11.3 Å². The van der Waals surface area contributed by atoms with Crippen molar-refractivity contribution in [3.8, 4) is 11.3 Å². The van der Waals surface area contributed by atoms with E-state index in [0.29, 0.717) is 19.6 Å². The normalized spacial score (nSPS) is 19.3. The summed E-state index contributed by atoms with van der Waals surface area (Å²) in [6, 6.07) is 3.85. The molecule has 3 heterocycles. The van der Waals surface area contributed by atoms with E-state index in [0.717, 1.165) is 22.8 Å². The van der Waals surface area contributed by atoms with E-state index in [4.69, 9.17) is 4.74 Å². The molecule has 2 atom stereocenters. The molecule has 0 spiro atoms. The van der Waals surface area contributed by atoms with E-state index in [1.54, 1.807) is 23.7 Å². The SMILES string of the molecule is CC(NC(=O)CC1COCCN1)c1nc(-c2ccncc2)cs1. The van der Waals surface area contributed by atoms with Crippen molar-refractivity contribution in [1.29, 1.82) is 0 Å². The van der Waals surface area contributed by atoms with Gasteiger partial charge in [-0.3, -0.25) is 9.78 Å². The van der Waals surface area contributed by atoms with Gasteiger partial charge in [0.25, 0.3) is 0 Å². The summed E-state index contributed by atoms with van der Waals surface area (Å²) in [6.45, 7) is 4.06. The van der Waals surface area contributed by atoms with Crippen molar-refractivity contribution >= 4 is 17.2 Å². The molecule has 6 nitrogen and oxygen atoms in total. The molecule has 0 aliphatic carbocycles. The Kier molecular flexibility index (Phi) is 5.32. The number of pyridine rings is 1. The van der Waals surface area contributed by atoms with Gasteiger partial charge in [-0.15, -0.1) is 11.3 Å². The highest BCUT2D eigenvalue weighted by Crippen LogP contribution is 2.25. The summed E-state index contributed by atoms with van der Waals surface area (Å²) >= 11 is 1.55. The second kappa shape index (κ2) is 7.63. The van der Waals surface area contributed by atoms with Crippen LogP contribution >= 0.6 is 11.3 Å². The molecule has 2 N–H and O–H groups in total. The van der Waals surface area contributed by atoms with Crippen LogP contribution in [0.3, 0.4) is 0 Å². The van der Waals surface area contributed by atoms with E-state index in [1.807, 2.05) is 24.4 Å². The summed E-state index contributed by atoms with van der Waals surface area (Å²) in [5.74, 6) is 0.0150. The maximum atomic E-state index is 12.1. The van der Waals surface area contributed by atoms with Crippen molar-refractivity contribution in [2.24, 2.45) is 0 Å². The van der Waals surface area contributed by atoms with Gasteiger partial charge < -0.3 is 15.4 Å². The van der Waals surface area contributed by atoms with Crippen LogP contribution in [0.5, 0.6) is 0 Å². The van der Waals surface area contributed by atoms with Gasteiger partial charge in [0.2, 0.25) is 5.91 Å². The quantitative estimate of drug-likeness (QED) is 0.872. The molecule has 1 fully saturated rings. The third-order valence-electron chi connectivity index (χ3n) is 3.68. The van der Waals surface area contributed by atoms with Gasteiger partial charge in [-0.05, 0) is 19.1 Å². The smallest absolute Gasteiger partial charge is 0.222 e. The van der Waals surface area contributed by atoms with Crippen LogP contribution in [0.1, 0.15) is 24.4 Å². The van der Waals surface area contributed by atoms with Crippen molar-refractivity contribution in [3.63, 3.8) is 0 Å². The molecule has 0 aromatic carbocycles. The van der Waals surface area contributed by atoms with Gasteiger partial charge in [0.05, 0.1) is 24.9 Å². The Hall–Kier alpha value is -1.83. The van der Waals surface area contributed by atoms with Gasteiger partial charge in [0.1, 0.15) is 5.01 Å². The first kappa shape index (κ1) is 16.0. The fraction of sp³-hybridized carbons (Fsp3) is 0.438. The second-order valence-corrected chi connectivity index (χ2v) is 6.42. The molecule has 1 amide bonds. The van der Waals surface area contributed by atoms with Crippen molar-refractivity contribution in [3.05, 3.63) is 34.9 Å². The van der Waals surface area contributed by atoms with E-state index < -0.39 is 0 Å². The van der Waals surface area contributed by atoms with E-state index in [1.165, 1.54) is 0 Å². The molecular formula is C16H20N4O2S. The summed E-state index contributed by atoms with van der Waals surface area (Å²) in [5, 5.41) is 9.20. The molecule has 2 unspecified atom stereocenters. The van der Waals surface area contributed by atoms with Crippen molar-refractivity contribution < 1.29 is 9.53 Å². The Labute approximate surface area is 139 Å². The van der Waals surface area contributed by atoms with Gasteiger partial charge in [-0.2, -0.15) is 0 Å². The monoisotopic (exact) mass is 332 g/mol. The van der Waals surface area contributed by atoms with Crippen LogP contribution in [0, 0.1) is 0 Å². The van der Waals surface area contributed by atoms with E-state index >= 15 is 0 Å². The number of carbonyl (C=O) groups is 1. The lowest BCUT2D eigenvalue weighted by molar-refractivity contribution is -0.122. The number of carbonyl (C=O) groups excluding carboxylic acids is 1. The summed E-state index contributed by atoms with van der Waals surface area (Å²) < 4.78 is 5.37. The second-order valence-electron chi connectivity index (χ2n) is 5.53. The topological polar surface area (TPSA) is 76.1 Å². The number of rotatable bonds is 5. The maximum Gasteiger partial charge on any atom is 0.222 e. The maximum absolute atomic E-state index is 12.1. The third kappa shape index (κ3) is 4.34. The predicted molar refractivity (Wildman–Crippen MR) is 89.1 cm³/mol. The van der Waals surface area contributed by atoms with Crippen molar-refractivity contribution in [1.82, 2.24) is 20.6 Å². The molecule has 1 saturated heterocycles. The van der Waals surface area contributed by atoms with E-state index in [-0.39, 0.29) is 18.0 Å². The number of thiazole rings is 1. The average molecular weight is 332 g/mol. The first-order valence-electron chi connectivity index (χ1n) is 7.68. The zero-order chi connectivity index (χ0) is 16.1. The number of ether oxygens (including phenoxy) is 1. The molecule has 0 radical (unpaired) electrons. The Bertz CT molecular complexity index is 641. The molecule has 7 heteroatoms. The number of hydrogen-bond acceptors (Lipinski definition) is 6. The minimum absolute atomic E-state index is 0.0150. The Balaban J connectivity index is 1.56. The Morgan fingerprint density at radius 2 is 2.35 bits per heavy atom. The Morgan fingerprint density at radius 1 is 1.52 bits per heavy atom. The first-order chi connectivity index (χ1) is 11.2. The van der Waals surface area contributed by atoms with E-state index in [9.17, 15) is 4.79 Å². The molecule has 122 valence electrons. The molecule has 0 saturated carbocycles. The van der Waals surface area contributed by atoms with Crippen molar-refractivity contribution in [2.45, 2.75) is 25.4 Å². The molecule has 0 bridgehead atoms. The van der Waals surface area contributed by atoms with E-state index in [2.05, 4.69) is 20.6 Å². The summed E-state index contributed by atoms with van der Waals surface area (Å²) in [6.07, 6.45) is 3.92. The molecular weight excluding hydrogens is 312 g/mol. The molecule has 1 aliphatic rings. The molecule has 3 rings (SSSR count). The van der Waals surface area contributed by atoms with Gasteiger partial charge in [-0.1, -0.05) is 0 Å². The summed E-state index contributed by atoms with van der Waals surface area (Å²) in [7, 11) is 0. The number of nitrogens with one attached hydrogen (secondary N) is 2. The molecule has 23 heavy (non-hydrogen) atoms. The predicted octanol–water partition coefficient (Wildman–Crippen LogP) is 1.76. The van der Waals surface area contributed by atoms with Gasteiger partial charge in [0, 0.05) is 42.3 Å². The number of aromatic nitrogens is 2. The third-order valence-corrected chi connectivity index (χ3v) is 4.70. The largest absolute Gasteiger partial charge is 0.378 e. The highest BCUT2D eigenvalue weighted by atomic mass is 32.1.